The summed E-state index contributed by atoms with van der Waals surface area (Å²) >= 11 is 0. The number of rotatable bonds is 5. The quantitative estimate of drug-likeness (QED) is 0.614. The van der Waals surface area contributed by atoms with Gasteiger partial charge in [0, 0.05) is 25.7 Å². The first-order valence-corrected chi connectivity index (χ1v) is 10.8. The lowest BCUT2D eigenvalue weighted by atomic mass is 9.97. The number of hydrogen-bond acceptors (Lipinski definition) is 3. The minimum atomic E-state index is -2.81. The lowest BCUT2D eigenvalue weighted by Gasteiger charge is -2.24. The molecule has 2 heterocycles. The van der Waals surface area contributed by atoms with Crippen LogP contribution >= 0.6 is 0 Å². The largest absolute Gasteiger partial charge is 0.354 e. The van der Waals surface area contributed by atoms with Crippen LogP contribution in [0.1, 0.15) is 47.0 Å². The zero-order chi connectivity index (χ0) is 17.0. The molecule has 0 aromatic heterocycles. The highest BCUT2D eigenvalue weighted by molar-refractivity contribution is 7.91. The molecule has 2 fully saturated rings. The summed E-state index contributed by atoms with van der Waals surface area (Å²) < 4.78 is 23.2. The van der Waals surface area contributed by atoms with Crippen molar-refractivity contribution in [2.75, 3.05) is 31.1 Å². The first-order valence-electron chi connectivity index (χ1n) is 9.01. The molecule has 0 saturated carbocycles. The van der Waals surface area contributed by atoms with Crippen molar-refractivity contribution >= 4 is 15.8 Å². The van der Waals surface area contributed by atoms with Gasteiger partial charge in [-0.25, -0.2) is 8.42 Å². The second-order valence-corrected chi connectivity index (χ2v) is 10.2. The molecule has 2 aliphatic rings. The van der Waals surface area contributed by atoms with Crippen LogP contribution in [0.5, 0.6) is 0 Å². The number of nitrogens with zero attached hydrogens (tertiary/aromatic N) is 2. The molecule has 0 aromatic carbocycles. The Bertz CT molecular complexity index is 514. The van der Waals surface area contributed by atoms with Gasteiger partial charge in [0.2, 0.25) is 0 Å². The number of sulfone groups is 1. The second kappa shape index (κ2) is 7.86. The van der Waals surface area contributed by atoms with Crippen molar-refractivity contribution in [1.29, 1.82) is 0 Å². The van der Waals surface area contributed by atoms with Gasteiger partial charge in [-0.05, 0) is 50.9 Å². The molecule has 6 heteroatoms. The SMILES string of the molecule is CC(C)CC1CCN(C(=NCC2CCS(=O)(=O)C2)NC(C)C)C1. The zero-order valence-corrected chi connectivity index (χ0v) is 15.9. The molecule has 0 bridgehead atoms. The summed E-state index contributed by atoms with van der Waals surface area (Å²) in [6, 6.07) is 0.338. The van der Waals surface area contributed by atoms with Crippen molar-refractivity contribution in [1.82, 2.24) is 10.2 Å². The van der Waals surface area contributed by atoms with Gasteiger partial charge in [-0.3, -0.25) is 4.99 Å². The summed E-state index contributed by atoms with van der Waals surface area (Å²) in [6.07, 6.45) is 3.26. The van der Waals surface area contributed by atoms with Crippen LogP contribution in [0, 0.1) is 17.8 Å². The zero-order valence-electron chi connectivity index (χ0n) is 15.1. The van der Waals surface area contributed by atoms with Gasteiger partial charge in [0.15, 0.2) is 15.8 Å². The molecule has 2 aliphatic heterocycles. The van der Waals surface area contributed by atoms with Crippen LogP contribution < -0.4 is 5.32 Å². The average Bonchev–Trinajstić information content (AvgIpc) is 3.00. The predicted molar refractivity (Wildman–Crippen MR) is 96.5 cm³/mol. The van der Waals surface area contributed by atoms with Crippen molar-refractivity contribution in [2.45, 2.75) is 53.0 Å². The highest BCUT2D eigenvalue weighted by Gasteiger charge is 2.29. The van der Waals surface area contributed by atoms with E-state index in [-0.39, 0.29) is 5.92 Å². The predicted octanol–water partition coefficient (Wildman–Crippen LogP) is 2.14. The van der Waals surface area contributed by atoms with Crippen LogP contribution in [0.25, 0.3) is 0 Å². The summed E-state index contributed by atoms with van der Waals surface area (Å²) in [5, 5.41) is 3.47. The van der Waals surface area contributed by atoms with Crippen LogP contribution in [0.15, 0.2) is 4.99 Å². The monoisotopic (exact) mass is 343 g/mol. The maximum Gasteiger partial charge on any atom is 0.194 e. The van der Waals surface area contributed by atoms with Crippen LogP contribution in [0.4, 0.5) is 0 Å². The highest BCUT2D eigenvalue weighted by atomic mass is 32.2. The van der Waals surface area contributed by atoms with Gasteiger partial charge in [-0.2, -0.15) is 0 Å². The van der Waals surface area contributed by atoms with Gasteiger partial charge < -0.3 is 10.2 Å². The topological polar surface area (TPSA) is 61.8 Å². The molecule has 0 aromatic rings. The highest BCUT2D eigenvalue weighted by Crippen LogP contribution is 2.24. The molecule has 0 aliphatic carbocycles. The van der Waals surface area contributed by atoms with Gasteiger partial charge in [0.1, 0.15) is 0 Å². The van der Waals surface area contributed by atoms with Crippen LogP contribution in [-0.2, 0) is 9.84 Å². The first kappa shape index (κ1) is 18.6. The van der Waals surface area contributed by atoms with E-state index in [9.17, 15) is 8.42 Å². The fourth-order valence-electron chi connectivity index (χ4n) is 3.61. The maximum atomic E-state index is 11.6. The number of hydrogen-bond donors (Lipinski definition) is 1. The van der Waals surface area contributed by atoms with E-state index >= 15 is 0 Å². The molecule has 134 valence electrons. The van der Waals surface area contributed by atoms with Crippen molar-refractivity contribution in [3.63, 3.8) is 0 Å². The van der Waals surface area contributed by atoms with E-state index in [1.54, 1.807) is 0 Å². The molecule has 5 nitrogen and oxygen atoms in total. The van der Waals surface area contributed by atoms with E-state index < -0.39 is 9.84 Å². The third kappa shape index (κ3) is 5.98. The summed E-state index contributed by atoms with van der Waals surface area (Å²) in [4.78, 5) is 7.13. The van der Waals surface area contributed by atoms with E-state index in [2.05, 4.69) is 37.9 Å². The molecule has 2 saturated heterocycles. The molecule has 23 heavy (non-hydrogen) atoms. The number of guanidine groups is 1. The van der Waals surface area contributed by atoms with Gasteiger partial charge >= 0.3 is 0 Å². The first-order chi connectivity index (χ1) is 10.7. The lowest BCUT2D eigenvalue weighted by Crippen LogP contribution is -2.43. The molecule has 1 N–H and O–H groups in total. The standard InChI is InChI=1S/C17H33N3O2S/c1-13(2)9-15-5-7-20(11-15)17(19-14(3)4)18-10-16-6-8-23(21,22)12-16/h13-16H,5-12H2,1-4H3,(H,18,19). The molecule has 2 rings (SSSR count). The van der Waals surface area contributed by atoms with Gasteiger partial charge in [0.25, 0.3) is 0 Å². The molecule has 0 radical (unpaired) electrons. The van der Waals surface area contributed by atoms with Gasteiger partial charge in [-0.1, -0.05) is 13.8 Å². The summed E-state index contributed by atoms with van der Waals surface area (Å²) in [5.74, 6) is 3.29. The van der Waals surface area contributed by atoms with Crippen LogP contribution in [0.3, 0.4) is 0 Å². The van der Waals surface area contributed by atoms with E-state index in [0.29, 0.717) is 24.1 Å². The van der Waals surface area contributed by atoms with E-state index in [1.165, 1.54) is 12.8 Å². The van der Waals surface area contributed by atoms with Crippen molar-refractivity contribution in [3.05, 3.63) is 0 Å². The Balaban J connectivity index is 1.95. The fraction of sp³-hybridized carbons (Fsp3) is 0.941. The maximum absolute atomic E-state index is 11.6. The number of aliphatic imine (C=N–C) groups is 1. The fourth-order valence-corrected chi connectivity index (χ4v) is 5.46. The van der Waals surface area contributed by atoms with Gasteiger partial charge in [-0.15, -0.1) is 0 Å². The Morgan fingerprint density at radius 1 is 1.22 bits per heavy atom. The molecule has 0 spiro atoms. The van der Waals surface area contributed by atoms with Crippen molar-refractivity contribution in [3.8, 4) is 0 Å². The molecular weight excluding hydrogens is 310 g/mol. The summed E-state index contributed by atoms with van der Waals surface area (Å²) in [6.45, 7) is 11.6. The van der Waals surface area contributed by atoms with E-state index in [4.69, 9.17) is 4.99 Å². The van der Waals surface area contributed by atoms with Crippen LogP contribution in [-0.4, -0.2) is 56.5 Å². The third-order valence-corrected chi connectivity index (χ3v) is 6.47. The summed E-state index contributed by atoms with van der Waals surface area (Å²) in [5.41, 5.74) is 0. The van der Waals surface area contributed by atoms with E-state index in [1.807, 2.05) is 0 Å². The Kier molecular flexibility index (Phi) is 6.34. The number of likely N-dealkylation sites (tertiary alicyclic amines) is 1. The number of nitrogens with one attached hydrogen (secondary N) is 1. The minimum absolute atomic E-state index is 0.193. The molecular formula is C17H33N3O2S. The lowest BCUT2D eigenvalue weighted by molar-refractivity contribution is 0.400. The van der Waals surface area contributed by atoms with Crippen molar-refractivity contribution < 1.29 is 8.42 Å². The second-order valence-electron chi connectivity index (χ2n) is 7.96. The summed E-state index contributed by atoms with van der Waals surface area (Å²) in [7, 11) is -2.81. The van der Waals surface area contributed by atoms with Gasteiger partial charge in [0.05, 0.1) is 11.5 Å². The minimum Gasteiger partial charge on any atom is -0.354 e. The van der Waals surface area contributed by atoms with E-state index in [0.717, 1.165) is 37.3 Å². The molecule has 2 unspecified atom stereocenters. The Morgan fingerprint density at radius 2 is 1.96 bits per heavy atom. The Labute approximate surface area is 141 Å². The third-order valence-electron chi connectivity index (χ3n) is 4.63. The smallest absolute Gasteiger partial charge is 0.194 e. The Hall–Kier alpha value is -0.780. The van der Waals surface area contributed by atoms with Crippen LogP contribution in [0.2, 0.25) is 0 Å². The average molecular weight is 344 g/mol. The molecule has 2 atom stereocenters. The molecule has 0 amide bonds. The Morgan fingerprint density at radius 3 is 2.52 bits per heavy atom. The van der Waals surface area contributed by atoms with Crippen molar-refractivity contribution in [2.24, 2.45) is 22.7 Å². The normalized spacial score (nSPS) is 28.1.